The maximum absolute atomic E-state index is 13.0. The Bertz CT molecular complexity index is 851. The van der Waals surface area contributed by atoms with E-state index in [1.165, 1.54) is 18.4 Å². The fraction of sp³-hybridized carbons (Fsp3) is 0.417. The first-order valence-electron chi connectivity index (χ1n) is 10.6. The van der Waals surface area contributed by atoms with E-state index in [2.05, 4.69) is 27.7 Å². The Balaban J connectivity index is 1.68. The summed E-state index contributed by atoms with van der Waals surface area (Å²) in [5, 5.41) is 6.31. The number of amides is 2. The highest BCUT2D eigenvalue weighted by molar-refractivity contribution is 6.33. The first-order valence-corrected chi connectivity index (χ1v) is 11.0. The monoisotopic (exact) mass is 427 g/mol. The van der Waals surface area contributed by atoms with Crippen molar-refractivity contribution in [3.8, 4) is 0 Å². The number of hydrogen-bond donors (Lipinski definition) is 2. The minimum absolute atomic E-state index is 0.0570. The van der Waals surface area contributed by atoms with Crippen LogP contribution in [0.2, 0.25) is 5.02 Å². The van der Waals surface area contributed by atoms with Crippen LogP contribution in [0.4, 0.5) is 0 Å². The van der Waals surface area contributed by atoms with Gasteiger partial charge in [0.15, 0.2) is 0 Å². The third-order valence-electron chi connectivity index (χ3n) is 5.59. The summed E-state index contributed by atoms with van der Waals surface area (Å²) in [6.45, 7) is 6.42. The molecule has 1 aliphatic rings. The molecule has 2 amide bonds. The van der Waals surface area contributed by atoms with Gasteiger partial charge in [0.2, 0.25) is 5.91 Å². The highest BCUT2D eigenvalue weighted by atomic mass is 35.5. The molecular weight excluding hydrogens is 398 g/mol. The van der Waals surface area contributed by atoms with Crippen LogP contribution >= 0.6 is 11.6 Å². The van der Waals surface area contributed by atoms with Crippen LogP contribution in [0.3, 0.4) is 0 Å². The van der Waals surface area contributed by atoms with Crippen LogP contribution in [0.1, 0.15) is 48.7 Å². The number of carbonyl (C=O) groups is 2. The molecule has 2 N–H and O–H groups in total. The first kappa shape index (κ1) is 22.3. The quantitative estimate of drug-likeness (QED) is 0.668. The lowest BCUT2D eigenvalue weighted by Gasteiger charge is -2.29. The summed E-state index contributed by atoms with van der Waals surface area (Å²) in [7, 11) is 0. The van der Waals surface area contributed by atoms with Gasteiger partial charge in [0.25, 0.3) is 5.91 Å². The second-order valence-electron chi connectivity index (χ2n) is 8.09. The minimum Gasteiger partial charge on any atom is -0.352 e. The molecule has 0 radical (unpaired) electrons. The Morgan fingerprint density at radius 2 is 1.63 bits per heavy atom. The zero-order valence-electron chi connectivity index (χ0n) is 17.6. The van der Waals surface area contributed by atoms with Crippen molar-refractivity contribution in [2.24, 2.45) is 5.92 Å². The molecule has 0 aliphatic carbocycles. The third kappa shape index (κ3) is 5.61. The lowest BCUT2D eigenvalue weighted by atomic mass is 10.0. The van der Waals surface area contributed by atoms with E-state index in [0.717, 1.165) is 13.1 Å². The van der Waals surface area contributed by atoms with Crippen LogP contribution < -0.4 is 10.6 Å². The average molecular weight is 428 g/mol. The van der Waals surface area contributed by atoms with E-state index in [-0.39, 0.29) is 23.8 Å². The van der Waals surface area contributed by atoms with E-state index in [0.29, 0.717) is 17.1 Å². The molecule has 1 unspecified atom stereocenters. The Morgan fingerprint density at radius 3 is 2.27 bits per heavy atom. The van der Waals surface area contributed by atoms with Crippen LogP contribution in [0.5, 0.6) is 0 Å². The van der Waals surface area contributed by atoms with Crippen molar-refractivity contribution >= 4 is 23.4 Å². The van der Waals surface area contributed by atoms with E-state index in [4.69, 9.17) is 11.6 Å². The first-order chi connectivity index (χ1) is 14.5. The number of hydrogen-bond acceptors (Lipinski definition) is 3. The van der Waals surface area contributed by atoms with Gasteiger partial charge in [-0.25, -0.2) is 0 Å². The van der Waals surface area contributed by atoms with Gasteiger partial charge in [0.1, 0.15) is 6.04 Å². The van der Waals surface area contributed by atoms with Crippen LogP contribution in [0.25, 0.3) is 0 Å². The number of nitrogens with one attached hydrogen (secondary N) is 2. The van der Waals surface area contributed by atoms with Gasteiger partial charge in [-0.1, -0.05) is 67.9 Å². The Kier molecular flexibility index (Phi) is 7.88. The number of benzene rings is 2. The topological polar surface area (TPSA) is 61.4 Å². The molecule has 0 aromatic heterocycles. The number of halogens is 1. The average Bonchev–Trinajstić information content (AvgIpc) is 3.27. The molecule has 0 spiro atoms. The van der Waals surface area contributed by atoms with Crippen molar-refractivity contribution in [3.63, 3.8) is 0 Å². The molecule has 2 aromatic carbocycles. The van der Waals surface area contributed by atoms with Crippen LogP contribution in [-0.2, 0) is 4.79 Å². The molecule has 1 aliphatic heterocycles. The van der Waals surface area contributed by atoms with Crippen molar-refractivity contribution < 1.29 is 9.59 Å². The van der Waals surface area contributed by atoms with Gasteiger partial charge < -0.3 is 10.6 Å². The standard InChI is InChI=1S/C24H30ClN3O2/c1-17(2)22(27-23(29)19-12-6-7-13-20(19)25)24(30)26-16-21(28-14-8-9-15-28)18-10-4-3-5-11-18/h3-7,10-13,17,21-22H,8-9,14-16H2,1-2H3,(H,26,30)(H,27,29)/t21?,22-/m0/s1. The summed E-state index contributed by atoms with van der Waals surface area (Å²) in [5.41, 5.74) is 1.57. The number of likely N-dealkylation sites (tertiary alicyclic amines) is 1. The maximum atomic E-state index is 13.0. The summed E-state index contributed by atoms with van der Waals surface area (Å²) < 4.78 is 0. The van der Waals surface area contributed by atoms with E-state index >= 15 is 0 Å². The van der Waals surface area contributed by atoms with Crippen molar-refractivity contribution in [2.45, 2.75) is 38.8 Å². The highest BCUT2D eigenvalue weighted by Gasteiger charge is 2.28. The molecule has 0 saturated carbocycles. The zero-order chi connectivity index (χ0) is 21.5. The Morgan fingerprint density at radius 1 is 1.00 bits per heavy atom. The summed E-state index contributed by atoms with van der Waals surface area (Å²) in [4.78, 5) is 28.1. The summed E-state index contributed by atoms with van der Waals surface area (Å²) in [5.74, 6) is -0.572. The van der Waals surface area contributed by atoms with Gasteiger partial charge >= 0.3 is 0 Å². The van der Waals surface area contributed by atoms with Crippen molar-refractivity contribution in [2.75, 3.05) is 19.6 Å². The van der Waals surface area contributed by atoms with Crippen LogP contribution in [-0.4, -0.2) is 42.4 Å². The molecule has 160 valence electrons. The molecule has 1 saturated heterocycles. The van der Waals surface area contributed by atoms with Crippen molar-refractivity contribution in [1.82, 2.24) is 15.5 Å². The van der Waals surface area contributed by atoms with E-state index in [9.17, 15) is 9.59 Å². The molecule has 5 nitrogen and oxygen atoms in total. The smallest absolute Gasteiger partial charge is 0.253 e. The van der Waals surface area contributed by atoms with Crippen molar-refractivity contribution in [1.29, 1.82) is 0 Å². The number of rotatable bonds is 8. The molecule has 1 fully saturated rings. The molecule has 1 heterocycles. The predicted octanol–water partition coefficient (Wildman–Crippen LogP) is 4.05. The predicted molar refractivity (Wildman–Crippen MR) is 121 cm³/mol. The highest BCUT2D eigenvalue weighted by Crippen LogP contribution is 2.24. The van der Waals surface area contributed by atoms with E-state index in [1.807, 2.05) is 32.0 Å². The largest absolute Gasteiger partial charge is 0.352 e. The number of nitrogens with zero attached hydrogens (tertiary/aromatic N) is 1. The van der Waals surface area contributed by atoms with Gasteiger partial charge in [-0.05, 0) is 49.5 Å². The van der Waals surface area contributed by atoms with E-state index < -0.39 is 6.04 Å². The lowest BCUT2D eigenvalue weighted by molar-refractivity contribution is -0.124. The summed E-state index contributed by atoms with van der Waals surface area (Å²) >= 11 is 6.14. The van der Waals surface area contributed by atoms with E-state index in [1.54, 1.807) is 24.3 Å². The third-order valence-corrected chi connectivity index (χ3v) is 5.92. The molecule has 6 heteroatoms. The van der Waals surface area contributed by atoms with Gasteiger partial charge in [-0.2, -0.15) is 0 Å². The Hall–Kier alpha value is -2.37. The molecule has 2 atom stereocenters. The molecule has 30 heavy (non-hydrogen) atoms. The van der Waals surface area contributed by atoms with Gasteiger partial charge in [-0.3, -0.25) is 14.5 Å². The van der Waals surface area contributed by atoms with Gasteiger partial charge in [0.05, 0.1) is 16.6 Å². The van der Waals surface area contributed by atoms with Gasteiger partial charge in [-0.15, -0.1) is 0 Å². The maximum Gasteiger partial charge on any atom is 0.253 e. The fourth-order valence-electron chi connectivity index (χ4n) is 3.89. The van der Waals surface area contributed by atoms with Gasteiger partial charge in [0, 0.05) is 6.54 Å². The zero-order valence-corrected chi connectivity index (χ0v) is 18.4. The molecular formula is C24H30ClN3O2. The molecule has 0 bridgehead atoms. The number of carbonyl (C=O) groups excluding carboxylic acids is 2. The minimum atomic E-state index is -0.635. The summed E-state index contributed by atoms with van der Waals surface area (Å²) in [6, 6.07) is 16.6. The second kappa shape index (κ2) is 10.6. The summed E-state index contributed by atoms with van der Waals surface area (Å²) in [6.07, 6.45) is 2.36. The normalized spacial score (nSPS) is 16.3. The molecule has 3 rings (SSSR count). The fourth-order valence-corrected chi connectivity index (χ4v) is 4.11. The van der Waals surface area contributed by atoms with Crippen molar-refractivity contribution in [3.05, 3.63) is 70.7 Å². The molecule has 2 aromatic rings. The SMILES string of the molecule is CC(C)[C@H](NC(=O)c1ccccc1Cl)C(=O)NCC(c1ccccc1)N1CCCC1. The van der Waals surface area contributed by atoms with Crippen LogP contribution in [0, 0.1) is 5.92 Å². The van der Waals surface area contributed by atoms with Crippen LogP contribution in [0.15, 0.2) is 54.6 Å². The Labute approximate surface area is 183 Å². The lowest BCUT2D eigenvalue weighted by Crippen LogP contribution is -2.51. The second-order valence-corrected chi connectivity index (χ2v) is 8.50.